The minimum atomic E-state index is -2.63. The summed E-state index contributed by atoms with van der Waals surface area (Å²) in [6.45, 7) is 7.16. The maximum Gasteiger partial charge on any atom is 0.346 e. The Labute approximate surface area is 204 Å². The lowest BCUT2D eigenvalue weighted by Gasteiger charge is -2.43. The first-order chi connectivity index (χ1) is 16.3. The molecule has 178 valence electrons. The monoisotopic (exact) mass is 474 g/mol. The van der Waals surface area contributed by atoms with Gasteiger partial charge in [0.1, 0.15) is 0 Å². The molecule has 5 heteroatoms. The quantitative estimate of drug-likeness (QED) is 0.214. The maximum atomic E-state index is 12.4. The van der Waals surface area contributed by atoms with Gasteiger partial charge in [-0.2, -0.15) is 0 Å². The Kier molecular flexibility index (Phi) is 8.26. The van der Waals surface area contributed by atoms with Gasteiger partial charge in [0.25, 0.3) is 8.32 Å². The molecule has 3 rings (SSSR count). The Hall–Kier alpha value is -2.99. The highest BCUT2D eigenvalue weighted by Gasteiger charge is 2.49. The Morgan fingerprint density at radius 2 is 1.32 bits per heavy atom. The van der Waals surface area contributed by atoms with E-state index in [1.807, 2.05) is 18.2 Å². The number of carbonyl (C=O) groups excluding carboxylic acids is 1. The molecule has 0 aromatic heterocycles. The molecule has 3 aromatic carbocycles. The summed E-state index contributed by atoms with van der Waals surface area (Å²) in [4.78, 5) is 12.4. The van der Waals surface area contributed by atoms with E-state index in [1.165, 1.54) is 23.6 Å². The van der Waals surface area contributed by atoms with Crippen molar-refractivity contribution in [3.8, 4) is 0 Å². The molecule has 0 radical (unpaired) electrons. The van der Waals surface area contributed by atoms with Crippen molar-refractivity contribution >= 4 is 24.7 Å². The SMILES string of the molecule is COC(=O)C(O)(/C=C/CCO[Si](c1ccccc1)(c1ccccc1)C(C)(C)C)c1ccccc1. The predicted molar refractivity (Wildman–Crippen MR) is 140 cm³/mol. The number of carbonyl (C=O) groups is 1. The molecule has 0 bridgehead atoms. The molecule has 4 nitrogen and oxygen atoms in total. The van der Waals surface area contributed by atoms with Gasteiger partial charge in [-0.05, 0) is 33.5 Å². The van der Waals surface area contributed by atoms with E-state index < -0.39 is 19.9 Å². The lowest BCUT2D eigenvalue weighted by Crippen LogP contribution is -2.66. The van der Waals surface area contributed by atoms with Crippen molar-refractivity contribution in [2.45, 2.75) is 37.8 Å². The summed E-state index contributed by atoms with van der Waals surface area (Å²) in [6.07, 6.45) is 3.83. The van der Waals surface area contributed by atoms with Crippen LogP contribution < -0.4 is 10.4 Å². The van der Waals surface area contributed by atoms with Crippen LogP contribution in [0.3, 0.4) is 0 Å². The van der Waals surface area contributed by atoms with Gasteiger partial charge in [0.2, 0.25) is 5.60 Å². The molecule has 0 spiro atoms. The topological polar surface area (TPSA) is 55.8 Å². The van der Waals surface area contributed by atoms with Gasteiger partial charge in [-0.15, -0.1) is 0 Å². The molecule has 3 aromatic rings. The maximum absolute atomic E-state index is 12.4. The molecule has 0 heterocycles. The van der Waals surface area contributed by atoms with E-state index in [9.17, 15) is 9.90 Å². The van der Waals surface area contributed by atoms with Crippen LogP contribution in [0, 0.1) is 0 Å². The zero-order valence-corrected chi connectivity index (χ0v) is 21.4. The fraction of sp³-hybridized carbons (Fsp3) is 0.276. The molecule has 34 heavy (non-hydrogen) atoms. The third kappa shape index (κ3) is 5.22. The molecule has 0 fully saturated rings. The number of ether oxygens (including phenoxy) is 1. The fourth-order valence-electron chi connectivity index (χ4n) is 4.43. The second-order valence-electron chi connectivity index (χ2n) is 9.33. The summed E-state index contributed by atoms with van der Waals surface area (Å²) in [5.74, 6) is -0.720. The Balaban J connectivity index is 1.88. The van der Waals surface area contributed by atoms with E-state index in [0.29, 0.717) is 18.6 Å². The van der Waals surface area contributed by atoms with Crippen molar-refractivity contribution in [3.05, 3.63) is 109 Å². The molecule has 1 N–H and O–H groups in total. The summed E-state index contributed by atoms with van der Waals surface area (Å²) in [7, 11) is -1.35. The number of methoxy groups -OCH3 is 1. The molecule has 0 saturated carbocycles. The number of esters is 1. The molecular formula is C29H34O4Si. The van der Waals surface area contributed by atoms with Gasteiger partial charge in [0, 0.05) is 6.61 Å². The van der Waals surface area contributed by atoms with E-state index >= 15 is 0 Å². The molecular weight excluding hydrogens is 440 g/mol. The van der Waals surface area contributed by atoms with Crippen molar-refractivity contribution in [3.63, 3.8) is 0 Å². The van der Waals surface area contributed by atoms with Crippen LogP contribution in [-0.2, 0) is 19.6 Å². The van der Waals surface area contributed by atoms with Crippen LogP contribution in [0.1, 0.15) is 32.8 Å². The summed E-state index contributed by atoms with van der Waals surface area (Å²) in [5.41, 5.74) is -1.38. The van der Waals surface area contributed by atoms with Crippen LogP contribution >= 0.6 is 0 Å². The zero-order chi connectivity index (χ0) is 24.7. The van der Waals surface area contributed by atoms with Gasteiger partial charge >= 0.3 is 5.97 Å². The molecule has 1 unspecified atom stereocenters. The molecule has 0 aliphatic rings. The molecule has 0 saturated heterocycles. The van der Waals surface area contributed by atoms with E-state index in [0.717, 1.165) is 0 Å². The van der Waals surface area contributed by atoms with E-state index in [2.05, 4.69) is 69.3 Å². The summed E-state index contributed by atoms with van der Waals surface area (Å²) in [5, 5.41) is 13.4. The van der Waals surface area contributed by atoms with Crippen LogP contribution in [0.25, 0.3) is 0 Å². The van der Waals surface area contributed by atoms with Crippen molar-refractivity contribution in [1.82, 2.24) is 0 Å². The van der Waals surface area contributed by atoms with E-state index in [-0.39, 0.29) is 5.04 Å². The van der Waals surface area contributed by atoms with Crippen LogP contribution in [0.5, 0.6) is 0 Å². The van der Waals surface area contributed by atoms with Crippen molar-refractivity contribution in [2.75, 3.05) is 13.7 Å². The van der Waals surface area contributed by atoms with Gasteiger partial charge in [0.15, 0.2) is 0 Å². The summed E-state index contributed by atoms with van der Waals surface area (Å²) in [6, 6.07) is 29.7. The summed E-state index contributed by atoms with van der Waals surface area (Å²) < 4.78 is 11.7. The number of rotatable bonds is 9. The number of benzene rings is 3. The highest BCUT2D eigenvalue weighted by atomic mass is 28.4. The summed E-state index contributed by atoms with van der Waals surface area (Å²) >= 11 is 0. The van der Waals surface area contributed by atoms with E-state index in [4.69, 9.17) is 9.16 Å². The predicted octanol–water partition coefficient (Wildman–Crippen LogP) is 4.57. The number of hydrogen-bond acceptors (Lipinski definition) is 4. The van der Waals surface area contributed by atoms with Crippen LogP contribution in [0.2, 0.25) is 5.04 Å². The number of hydrogen-bond donors (Lipinski definition) is 1. The largest absolute Gasteiger partial charge is 0.466 e. The Morgan fingerprint density at radius 1 is 0.853 bits per heavy atom. The molecule has 0 amide bonds. The van der Waals surface area contributed by atoms with Crippen LogP contribution in [-0.4, -0.2) is 33.1 Å². The minimum Gasteiger partial charge on any atom is -0.466 e. The van der Waals surface area contributed by atoms with Crippen molar-refractivity contribution in [2.24, 2.45) is 0 Å². The molecule has 1 atom stereocenters. The van der Waals surface area contributed by atoms with Crippen molar-refractivity contribution in [1.29, 1.82) is 0 Å². The minimum absolute atomic E-state index is 0.115. The van der Waals surface area contributed by atoms with Gasteiger partial charge in [-0.3, -0.25) is 0 Å². The standard InChI is InChI=1S/C29H34O4Si/c1-28(2,3)34(25-18-10-6-11-19-25,26-20-12-7-13-21-26)33-23-15-14-22-29(31,27(30)32-4)24-16-8-5-9-17-24/h5-14,16-22,31H,15,23H2,1-4H3/b22-14+. The fourth-order valence-corrected chi connectivity index (χ4v) is 9.01. The van der Waals surface area contributed by atoms with E-state index in [1.54, 1.807) is 30.3 Å². The smallest absolute Gasteiger partial charge is 0.346 e. The lowest BCUT2D eigenvalue weighted by atomic mass is 9.93. The Morgan fingerprint density at radius 3 is 1.76 bits per heavy atom. The highest BCUT2D eigenvalue weighted by molar-refractivity contribution is 6.99. The van der Waals surface area contributed by atoms with Gasteiger partial charge < -0.3 is 14.3 Å². The van der Waals surface area contributed by atoms with Crippen molar-refractivity contribution < 1.29 is 19.1 Å². The molecule has 0 aliphatic heterocycles. The van der Waals surface area contributed by atoms with Gasteiger partial charge in [-0.25, -0.2) is 4.79 Å². The Bertz CT molecular complexity index is 1040. The third-order valence-corrected chi connectivity index (χ3v) is 11.1. The average Bonchev–Trinajstić information content (AvgIpc) is 2.86. The van der Waals surface area contributed by atoms with Crippen LogP contribution in [0.15, 0.2) is 103 Å². The van der Waals surface area contributed by atoms with Crippen LogP contribution in [0.4, 0.5) is 0 Å². The first-order valence-corrected chi connectivity index (χ1v) is 13.5. The lowest BCUT2D eigenvalue weighted by molar-refractivity contribution is -0.158. The second-order valence-corrected chi connectivity index (χ2v) is 13.6. The number of aliphatic hydroxyl groups is 1. The molecule has 0 aliphatic carbocycles. The second kappa shape index (κ2) is 11.0. The third-order valence-electron chi connectivity index (χ3n) is 6.09. The average molecular weight is 475 g/mol. The highest BCUT2D eigenvalue weighted by Crippen LogP contribution is 2.36. The van der Waals surface area contributed by atoms with Gasteiger partial charge in [0.05, 0.1) is 7.11 Å². The normalized spacial score (nSPS) is 14.0. The zero-order valence-electron chi connectivity index (χ0n) is 20.4. The first-order valence-electron chi connectivity index (χ1n) is 11.5. The first kappa shape index (κ1) is 25.6. The van der Waals surface area contributed by atoms with Gasteiger partial charge in [-0.1, -0.05) is 118 Å².